The van der Waals surface area contributed by atoms with E-state index in [0.29, 0.717) is 6.61 Å². The van der Waals surface area contributed by atoms with Crippen molar-refractivity contribution in [2.45, 2.75) is 44.4 Å². The zero-order valence-corrected chi connectivity index (χ0v) is 10.6. The van der Waals surface area contributed by atoms with E-state index < -0.39 is 0 Å². The van der Waals surface area contributed by atoms with Gasteiger partial charge in [0.1, 0.15) is 11.9 Å². The van der Waals surface area contributed by atoms with Crippen molar-refractivity contribution in [2.75, 3.05) is 13.2 Å². The molecular weight excluding hydrogens is 228 g/mol. The van der Waals surface area contributed by atoms with Crippen molar-refractivity contribution >= 4 is 0 Å². The van der Waals surface area contributed by atoms with Crippen LogP contribution in [0.2, 0.25) is 0 Å². The molecule has 0 bridgehead atoms. The zero-order chi connectivity index (χ0) is 12.2. The van der Waals surface area contributed by atoms with Crippen molar-refractivity contribution < 1.29 is 9.47 Å². The number of nitrogens with one attached hydrogen (secondary N) is 1. The summed E-state index contributed by atoms with van der Waals surface area (Å²) in [7, 11) is 0. The minimum Gasteiger partial charge on any atom is -0.486 e. The van der Waals surface area contributed by atoms with Gasteiger partial charge in [-0.1, -0.05) is 0 Å². The maximum atomic E-state index is 5.84. The molecular formula is C14H20N2O2. The Morgan fingerprint density at radius 2 is 2.28 bits per heavy atom. The minimum atomic E-state index is 0.191. The number of pyridine rings is 1. The normalized spacial score (nSPS) is 23.9. The van der Waals surface area contributed by atoms with E-state index in [9.17, 15) is 0 Å². The lowest BCUT2D eigenvalue weighted by Crippen LogP contribution is -2.28. The van der Waals surface area contributed by atoms with Crippen molar-refractivity contribution in [2.24, 2.45) is 0 Å². The second-order valence-electron chi connectivity index (χ2n) is 5.10. The van der Waals surface area contributed by atoms with E-state index in [1.165, 1.54) is 12.8 Å². The van der Waals surface area contributed by atoms with E-state index in [1.807, 2.05) is 18.3 Å². The van der Waals surface area contributed by atoms with Gasteiger partial charge in [-0.2, -0.15) is 0 Å². The predicted octanol–water partition coefficient (Wildman–Crippen LogP) is 1.89. The molecule has 4 nitrogen and oxygen atoms in total. The average Bonchev–Trinajstić information content (AvgIpc) is 3.23. The quantitative estimate of drug-likeness (QED) is 0.864. The second-order valence-corrected chi connectivity index (χ2v) is 5.10. The summed E-state index contributed by atoms with van der Waals surface area (Å²) in [6, 6.07) is 4.77. The van der Waals surface area contributed by atoms with Gasteiger partial charge >= 0.3 is 0 Å². The first-order valence-electron chi connectivity index (χ1n) is 6.83. The van der Waals surface area contributed by atoms with Crippen LogP contribution in [0.5, 0.6) is 5.75 Å². The van der Waals surface area contributed by atoms with Gasteiger partial charge in [0.2, 0.25) is 0 Å². The molecule has 2 fully saturated rings. The van der Waals surface area contributed by atoms with Crippen molar-refractivity contribution in [3.8, 4) is 5.75 Å². The van der Waals surface area contributed by atoms with Crippen molar-refractivity contribution in [3.05, 3.63) is 24.0 Å². The number of rotatable bonds is 5. The van der Waals surface area contributed by atoms with Crippen LogP contribution in [0.4, 0.5) is 0 Å². The highest BCUT2D eigenvalue weighted by molar-refractivity contribution is 5.20. The monoisotopic (exact) mass is 248 g/mol. The van der Waals surface area contributed by atoms with Crippen LogP contribution in [0.15, 0.2) is 18.3 Å². The molecule has 1 N–H and O–H groups in total. The van der Waals surface area contributed by atoms with E-state index in [1.54, 1.807) is 0 Å². The summed E-state index contributed by atoms with van der Waals surface area (Å²) in [6.45, 7) is 2.42. The molecule has 0 amide bonds. The highest BCUT2D eigenvalue weighted by Gasteiger charge is 2.20. The molecule has 1 atom stereocenters. The third-order valence-electron chi connectivity index (χ3n) is 3.37. The number of hydrogen-bond acceptors (Lipinski definition) is 4. The van der Waals surface area contributed by atoms with Crippen LogP contribution in [0.25, 0.3) is 0 Å². The van der Waals surface area contributed by atoms with Gasteiger partial charge < -0.3 is 14.8 Å². The lowest BCUT2D eigenvalue weighted by Gasteiger charge is -2.23. The maximum absolute atomic E-state index is 5.84. The van der Waals surface area contributed by atoms with Crippen LogP contribution in [-0.2, 0) is 11.3 Å². The number of aromatic nitrogens is 1. The van der Waals surface area contributed by atoms with Gasteiger partial charge in [-0.15, -0.1) is 0 Å². The molecule has 0 radical (unpaired) electrons. The smallest absolute Gasteiger partial charge is 0.138 e. The molecule has 98 valence electrons. The van der Waals surface area contributed by atoms with Gasteiger partial charge in [0, 0.05) is 19.2 Å². The molecule has 18 heavy (non-hydrogen) atoms. The lowest BCUT2D eigenvalue weighted by molar-refractivity contribution is 0.00727. The first-order chi connectivity index (χ1) is 8.90. The Hall–Kier alpha value is -1.13. The Balaban J connectivity index is 1.49. The summed E-state index contributed by atoms with van der Waals surface area (Å²) >= 11 is 0. The van der Waals surface area contributed by atoms with E-state index in [-0.39, 0.29) is 6.10 Å². The molecule has 2 aliphatic rings. The first kappa shape index (κ1) is 11.9. The molecule has 1 saturated carbocycles. The Morgan fingerprint density at radius 1 is 1.33 bits per heavy atom. The Morgan fingerprint density at radius 3 is 2.94 bits per heavy atom. The van der Waals surface area contributed by atoms with E-state index in [4.69, 9.17) is 9.47 Å². The van der Waals surface area contributed by atoms with Crippen molar-refractivity contribution in [3.63, 3.8) is 0 Å². The minimum absolute atomic E-state index is 0.191. The molecule has 1 saturated heterocycles. The topological polar surface area (TPSA) is 43.4 Å². The number of hydrogen-bond donors (Lipinski definition) is 1. The average molecular weight is 248 g/mol. The van der Waals surface area contributed by atoms with Gasteiger partial charge in [-0.05, 0) is 37.8 Å². The summed E-state index contributed by atoms with van der Waals surface area (Å²) in [6.07, 6.45) is 6.78. The summed E-state index contributed by atoms with van der Waals surface area (Å²) in [5.41, 5.74) is 1.08. The lowest BCUT2D eigenvalue weighted by atomic mass is 10.2. The Kier molecular flexibility index (Phi) is 3.76. The SMILES string of the molecule is c1cc(CNC2CC2)ncc1OC1CCCOC1. The molecule has 3 rings (SSSR count). The first-order valence-corrected chi connectivity index (χ1v) is 6.83. The van der Waals surface area contributed by atoms with Crippen molar-refractivity contribution in [1.82, 2.24) is 10.3 Å². The molecule has 1 unspecified atom stereocenters. The largest absolute Gasteiger partial charge is 0.486 e. The molecule has 0 aromatic carbocycles. The van der Waals surface area contributed by atoms with Crippen LogP contribution < -0.4 is 10.1 Å². The molecule has 4 heteroatoms. The Bertz CT molecular complexity index is 370. The highest BCUT2D eigenvalue weighted by Crippen LogP contribution is 2.20. The van der Waals surface area contributed by atoms with Crippen LogP contribution in [-0.4, -0.2) is 30.3 Å². The maximum Gasteiger partial charge on any atom is 0.138 e. The molecule has 1 aliphatic heterocycles. The van der Waals surface area contributed by atoms with Crippen LogP contribution in [0.1, 0.15) is 31.4 Å². The van der Waals surface area contributed by atoms with Gasteiger partial charge in [-0.25, -0.2) is 0 Å². The van der Waals surface area contributed by atoms with Gasteiger partial charge in [0.25, 0.3) is 0 Å². The standard InChI is InChI=1S/C14H20N2O2/c1-2-14(10-17-7-1)18-13-6-5-12(16-9-13)8-15-11-3-4-11/h5-6,9,11,14-15H,1-4,7-8,10H2. The van der Waals surface area contributed by atoms with Gasteiger partial charge in [-0.3, -0.25) is 4.98 Å². The van der Waals surface area contributed by atoms with E-state index in [0.717, 1.165) is 43.5 Å². The Labute approximate surface area is 108 Å². The second kappa shape index (κ2) is 5.67. The van der Waals surface area contributed by atoms with Crippen molar-refractivity contribution in [1.29, 1.82) is 0 Å². The highest BCUT2D eigenvalue weighted by atomic mass is 16.5. The molecule has 0 spiro atoms. The summed E-state index contributed by atoms with van der Waals surface area (Å²) < 4.78 is 11.2. The van der Waals surface area contributed by atoms with Crippen LogP contribution in [0.3, 0.4) is 0 Å². The van der Waals surface area contributed by atoms with Gasteiger partial charge in [0.05, 0.1) is 18.5 Å². The zero-order valence-electron chi connectivity index (χ0n) is 10.6. The fourth-order valence-corrected chi connectivity index (χ4v) is 2.12. The summed E-state index contributed by atoms with van der Waals surface area (Å²) in [4.78, 5) is 4.42. The number of ether oxygens (including phenoxy) is 2. The third kappa shape index (κ3) is 3.43. The van der Waals surface area contributed by atoms with Gasteiger partial charge in [0.15, 0.2) is 0 Å². The fraction of sp³-hybridized carbons (Fsp3) is 0.643. The van der Waals surface area contributed by atoms with Crippen LogP contribution in [0, 0.1) is 0 Å². The van der Waals surface area contributed by atoms with E-state index in [2.05, 4.69) is 10.3 Å². The summed E-state index contributed by atoms with van der Waals surface area (Å²) in [5, 5.41) is 3.45. The van der Waals surface area contributed by atoms with E-state index >= 15 is 0 Å². The predicted molar refractivity (Wildman–Crippen MR) is 68.6 cm³/mol. The fourth-order valence-electron chi connectivity index (χ4n) is 2.12. The van der Waals surface area contributed by atoms with Crippen LogP contribution >= 0.6 is 0 Å². The number of nitrogens with zero attached hydrogens (tertiary/aromatic N) is 1. The molecule has 2 heterocycles. The molecule has 1 aromatic heterocycles. The third-order valence-corrected chi connectivity index (χ3v) is 3.37. The molecule has 1 aromatic rings. The summed E-state index contributed by atoms with van der Waals surface area (Å²) in [5.74, 6) is 0.848. The molecule has 1 aliphatic carbocycles.